The van der Waals surface area contributed by atoms with Gasteiger partial charge in [0.15, 0.2) is 0 Å². The minimum absolute atomic E-state index is 0.203. The van der Waals surface area contributed by atoms with Crippen LogP contribution in [0.2, 0.25) is 0 Å². The highest BCUT2D eigenvalue weighted by atomic mass is 32.1. The van der Waals surface area contributed by atoms with E-state index in [1.54, 1.807) is 32.0 Å². The lowest BCUT2D eigenvalue weighted by Crippen LogP contribution is -2.18. The highest BCUT2D eigenvalue weighted by Crippen LogP contribution is 2.33. The van der Waals surface area contributed by atoms with Gasteiger partial charge < -0.3 is 4.74 Å². The molecule has 3 aromatic heterocycles. The van der Waals surface area contributed by atoms with Crippen LogP contribution >= 0.6 is 11.3 Å². The number of rotatable bonds is 4. The smallest absolute Gasteiger partial charge is 0.416 e. The minimum atomic E-state index is -4.43. The number of carbonyl (C=O) groups is 1. The van der Waals surface area contributed by atoms with Crippen LogP contribution in [0.5, 0.6) is 0 Å². The quantitative estimate of drug-likeness (QED) is 0.410. The molecule has 0 radical (unpaired) electrons. The summed E-state index contributed by atoms with van der Waals surface area (Å²) in [4.78, 5) is 33.8. The van der Waals surface area contributed by atoms with Crippen LogP contribution in [0, 0.1) is 13.8 Å². The Bertz CT molecular complexity index is 1380. The van der Waals surface area contributed by atoms with Crippen molar-refractivity contribution >= 4 is 23.0 Å². The molecule has 0 saturated carbocycles. The van der Waals surface area contributed by atoms with Crippen molar-refractivity contribution in [3.05, 3.63) is 86.4 Å². The lowest BCUT2D eigenvalue weighted by Gasteiger charge is -2.07. The number of nitrogens with zero attached hydrogens (tertiary/aromatic N) is 3. The average molecular weight is 459 g/mol. The molecule has 0 fully saturated rings. The maximum atomic E-state index is 12.8. The zero-order valence-electron chi connectivity index (χ0n) is 16.9. The summed E-state index contributed by atoms with van der Waals surface area (Å²) in [5, 5.41) is 0.403. The monoisotopic (exact) mass is 459 g/mol. The molecule has 0 spiro atoms. The molecule has 32 heavy (non-hydrogen) atoms. The predicted molar refractivity (Wildman–Crippen MR) is 113 cm³/mol. The first kappa shape index (κ1) is 21.7. The fourth-order valence-corrected chi connectivity index (χ4v) is 4.12. The molecule has 0 bridgehead atoms. The summed E-state index contributed by atoms with van der Waals surface area (Å²) in [5.41, 5.74) is 1.31. The highest BCUT2D eigenvalue weighted by Gasteiger charge is 2.30. The summed E-state index contributed by atoms with van der Waals surface area (Å²) in [7, 11) is 0. The molecule has 0 aliphatic heterocycles. The number of aryl methyl sites for hydroxylation is 2. The van der Waals surface area contributed by atoms with Gasteiger partial charge in [0.05, 0.1) is 17.0 Å². The van der Waals surface area contributed by atoms with Gasteiger partial charge in [0, 0.05) is 17.3 Å². The second kappa shape index (κ2) is 8.19. The molecule has 164 valence electrons. The van der Waals surface area contributed by atoms with E-state index in [2.05, 4.69) is 9.97 Å². The van der Waals surface area contributed by atoms with E-state index < -0.39 is 17.7 Å². The lowest BCUT2D eigenvalue weighted by atomic mass is 10.1. The van der Waals surface area contributed by atoms with E-state index in [0.717, 1.165) is 29.2 Å². The Morgan fingerprint density at radius 1 is 1.09 bits per heavy atom. The van der Waals surface area contributed by atoms with E-state index >= 15 is 0 Å². The van der Waals surface area contributed by atoms with Gasteiger partial charge in [-0.25, -0.2) is 14.8 Å². The Morgan fingerprint density at radius 2 is 1.81 bits per heavy atom. The number of halogens is 3. The molecule has 6 nitrogen and oxygen atoms in total. The standard InChI is InChI=1S/C22H16F3N3O3S/c1-12-4-3-5-17-27-16(10-18(29)28(12)17)11-31-21(30)19-13(2)26-20(32-19)14-6-8-15(9-7-14)22(23,24)25/h3-10H,11H2,1-2H3. The Morgan fingerprint density at radius 3 is 2.50 bits per heavy atom. The highest BCUT2D eigenvalue weighted by molar-refractivity contribution is 7.17. The number of aromatic nitrogens is 3. The number of fused-ring (bicyclic) bond motifs is 1. The molecule has 0 amide bonds. The van der Waals surface area contributed by atoms with Gasteiger partial charge in [-0.3, -0.25) is 9.20 Å². The Hall–Kier alpha value is -3.53. The van der Waals surface area contributed by atoms with Crippen molar-refractivity contribution in [1.29, 1.82) is 0 Å². The van der Waals surface area contributed by atoms with Gasteiger partial charge >= 0.3 is 12.1 Å². The third-order valence-electron chi connectivity index (χ3n) is 4.73. The molecule has 0 unspecified atom stereocenters. The summed E-state index contributed by atoms with van der Waals surface area (Å²) in [6, 6.07) is 11.1. The summed E-state index contributed by atoms with van der Waals surface area (Å²) >= 11 is 1.02. The SMILES string of the molecule is Cc1nc(-c2ccc(C(F)(F)F)cc2)sc1C(=O)OCc1cc(=O)n2c(C)cccc2n1. The summed E-state index contributed by atoms with van der Waals surface area (Å²) < 4.78 is 45.0. The number of carbonyl (C=O) groups excluding carboxylic acids is 1. The van der Waals surface area contributed by atoms with Gasteiger partial charge in [0.1, 0.15) is 22.1 Å². The van der Waals surface area contributed by atoms with E-state index in [1.165, 1.54) is 22.6 Å². The minimum Gasteiger partial charge on any atom is -0.455 e. The van der Waals surface area contributed by atoms with E-state index in [1.807, 2.05) is 0 Å². The average Bonchev–Trinajstić information content (AvgIpc) is 3.13. The fourth-order valence-electron chi connectivity index (χ4n) is 3.15. The molecule has 3 heterocycles. The Labute approximate surface area is 184 Å². The van der Waals surface area contributed by atoms with Crippen LogP contribution in [0.25, 0.3) is 16.2 Å². The molecule has 0 atom stereocenters. The molecule has 4 aromatic rings. The van der Waals surface area contributed by atoms with Crippen LogP contribution in [0.3, 0.4) is 0 Å². The molecule has 10 heteroatoms. The third kappa shape index (κ3) is 4.26. The summed E-state index contributed by atoms with van der Waals surface area (Å²) in [6.45, 7) is 3.20. The number of thiazole rings is 1. The van der Waals surface area contributed by atoms with Crippen molar-refractivity contribution in [2.75, 3.05) is 0 Å². The third-order valence-corrected chi connectivity index (χ3v) is 5.91. The van der Waals surface area contributed by atoms with E-state index in [4.69, 9.17) is 4.74 Å². The molecule has 0 saturated heterocycles. The van der Waals surface area contributed by atoms with Crippen LogP contribution in [0.1, 0.15) is 32.3 Å². The van der Waals surface area contributed by atoms with Crippen molar-refractivity contribution in [3.63, 3.8) is 0 Å². The zero-order chi connectivity index (χ0) is 23.0. The molecular weight excluding hydrogens is 443 g/mol. The van der Waals surface area contributed by atoms with Gasteiger partial charge in [-0.1, -0.05) is 18.2 Å². The molecular formula is C22H16F3N3O3S. The van der Waals surface area contributed by atoms with E-state index in [-0.39, 0.29) is 17.0 Å². The lowest BCUT2D eigenvalue weighted by molar-refractivity contribution is -0.137. The predicted octanol–water partition coefficient (Wildman–Crippen LogP) is 4.81. The van der Waals surface area contributed by atoms with Gasteiger partial charge in [-0.05, 0) is 38.1 Å². The van der Waals surface area contributed by atoms with Gasteiger partial charge in [0.25, 0.3) is 5.56 Å². The molecule has 0 aliphatic carbocycles. The number of pyridine rings is 1. The van der Waals surface area contributed by atoms with Crippen LogP contribution in [-0.4, -0.2) is 20.3 Å². The van der Waals surface area contributed by atoms with Gasteiger partial charge in [-0.15, -0.1) is 11.3 Å². The van der Waals surface area contributed by atoms with Crippen molar-refractivity contribution in [3.8, 4) is 10.6 Å². The normalized spacial score (nSPS) is 11.7. The number of hydrogen-bond donors (Lipinski definition) is 0. The fraction of sp³-hybridized carbons (Fsp3) is 0.182. The molecule has 0 aliphatic rings. The number of hydrogen-bond acceptors (Lipinski definition) is 6. The second-order valence-corrected chi connectivity index (χ2v) is 8.03. The van der Waals surface area contributed by atoms with Crippen molar-refractivity contribution in [2.24, 2.45) is 0 Å². The second-order valence-electron chi connectivity index (χ2n) is 7.03. The van der Waals surface area contributed by atoms with Crippen LogP contribution < -0.4 is 5.56 Å². The first-order valence-electron chi connectivity index (χ1n) is 9.44. The van der Waals surface area contributed by atoms with Crippen molar-refractivity contribution < 1.29 is 22.7 Å². The van der Waals surface area contributed by atoms with Crippen LogP contribution in [-0.2, 0) is 17.5 Å². The Kier molecular flexibility index (Phi) is 5.55. The van der Waals surface area contributed by atoms with Crippen LogP contribution in [0.4, 0.5) is 13.2 Å². The largest absolute Gasteiger partial charge is 0.455 e. The maximum Gasteiger partial charge on any atom is 0.416 e. The topological polar surface area (TPSA) is 73.6 Å². The zero-order valence-corrected chi connectivity index (χ0v) is 17.8. The van der Waals surface area contributed by atoms with E-state index in [9.17, 15) is 22.8 Å². The molecule has 4 rings (SSSR count). The first-order valence-corrected chi connectivity index (χ1v) is 10.3. The van der Waals surface area contributed by atoms with Crippen LogP contribution in [0.15, 0.2) is 53.3 Å². The van der Waals surface area contributed by atoms with Crippen molar-refractivity contribution in [1.82, 2.24) is 14.4 Å². The van der Waals surface area contributed by atoms with Gasteiger partial charge in [-0.2, -0.15) is 13.2 Å². The number of ether oxygens (including phenoxy) is 1. The molecule has 0 N–H and O–H groups in total. The first-order chi connectivity index (χ1) is 15.1. The van der Waals surface area contributed by atoms with Crippen molar-refractivity contribution in [2.45, 2.75) is 26.6 Å². The summed E-state index contributed by atoms with van der Waals surface area (Å²) in [6.07, 6.45) is -4.43. The number of alkyl halides is 3. The van der Waals surface area contributed by atoms with Gasteiger partial charge in [0.2, 0.25) is 0 Å². The summed E-state index contributed by atoms with van der Waals surface area (Å²) in [5.74, 6) is -0.649. The van der Waals surface area contributed by atoms with E-state index in [0.29, 0.717) is 27.6 Å². The number of esters is 1. The molecule has 1 aromatic carbocycles. The maximum absolute atomic E-state index is 12.8. The number of benzene rings is 1. The Balaban J connectivity index is 1.52.